The second-order valence-corrected chi connectivity index (χ2v) is 9.01. The quantitative estimate of drug-likeness (QED) is 0.660. The van der Waals surface area contributed by atoms with Crippen LogP contribution >= 0.6 is 0 Å². The van der Waals surface area contributed by atoms with Crippen molar-refractivity contribution in [3.8, 4) is 11.1 Å². The highest BCUT2D eigenvalue weighted by Crippen LogP contribution is 2.44. The van der Waals surface area contributed by atoms with E-state index in [-0.39, 0.29) is 24.9 Å². The summed E-state index contributed by atoms with van der Waals surface area (Å²) in [6, 6.07) is 15.8. The molecule has 1 saturated heterocycles. The number of carbonyl (C=O) groups is 3. The van der Waals surface area contributed by atoms with Gasteiger partial charge in [0, 0.05) is 24.9 Å². The fourth-order valence-corrected chi connectivity index (χ4v) is 5.01. The molecule has 1 aliphatic carbocycles. The zero-order valence-corrected chi connectivity index (χ0v) is 19.0. The van der Waals surface area contributed by atoms with E-state index >= 15 is 0 Å². The molecular weight excluding hydrogens is 420 g/mol. The second kappa shape index (κ2) is 9.25. The first-order valence-corrected chi connectivity index (χ1v) is 11.5. The number of likely N-dealkylation sites (tertiary alicyclic amines) is 1. The van der Waals surface area contributed by atoms with Gasteiger partial charge in [-0.3, -0.25) is 4.79 Å². The minimum atomic E-state index is -1.18. The summed E-state index contributed by atoms with van der Waals surface area (Å²) < 4.78 is 5.59. The van der Waals surface area contributed by atoms with Crippen molar-refractivity contribution < 1.29 is 24.2 Å². The number of aliphatic carboxylic acids is 1. The van der Waals surface area contributed by atoms with Gasteiger partial charge in [-0.25, -0.2) is 9.59 Å². The third kappa shape index (κ3) is 4.32. The standard InChI is InChI=1S/C26H30N2O5/c1-3-17(15-23(29)28-14-8-13-26(28,2)24(30)31)27-25(32)33-16-22-20-11-6-4-9-18(20)19-10-5-7-12-21(19)22/h4-7,9-12,17,22H,3,8,13-16H2,1-2H3,(H,27,32)(H,30,31)/t17?,26-/m1/s1. The first-order chi connectivity index (χ1) is 15.8. The Morgan fingerprint density at radius 3 is 2.30 bits per heavy atom. The number of carboxylic acids is 1. The Labute approximate surface area is 193 Å². The van der Waals surface area contributed by atoms with E-state index in [1.807, 2.05) is 31.2 Å². The zero-order valence-electron chi connectivity index (χ0n) is 19.0. The second-order valence-electron chi connectivity index (χ2n) is 9.01. The van der Waals surface area contributed by atoms with Crippen molar-refractivity contribution in [1.82, 2.24) is 10.2 Å². The smallest absolute Gasteiger partial charge is 0.407 e. The fraction of sp³-hybridized carbons (Fsp3) is 0.423. The Hall–Kier alpha value is -3.35. The molecule has 2 aromatic carbocycles. The Kier molecular flexibility index (Phi) is 6.40. The number of amides is 2. The maximum absolute atomic E-state index is 12.8. The van der Waals surface area contributed by atoms with Gasteiger partial charge in [0.05, 0.1) is 0 Å². The molecule has 2 atom stereocenters. The molecule has 174 valence electrons. The van der Waals surface area contributed by atoms with Crippen molar-refractivity contribution in [2.75, 3.05) is 13.2 Å². The number of hydrogen-bond donors (Lipinski definition) is 2. The molecule has 7 nitrogen and oxygen atoms in total. The lowest BCUT2D eigenvalue weighted by Gasteiger charge is -2.32. The molecule has 0 spiro atoms. The van der Waals surface area contributed by atoms with Crippen LogP contribution in [0.2, 0.25) is 0 Å². The summed E-state index contributed by atoms with van der Waals surface area (Å²) in [6.07, 6.45) is 1.10. The maximum atomic E-state index is 12.8. The Balaban J connectivity index is 1.37. The number of rotatable bonds is 7. The summed E-state index contributed by atoms with van der Waals surface area (Å²) in [4.78, 5) is 38.5. The van der Waals surface area contributed by atoms with E-state index < -0.39 is 23.6 Å². The number of ether oxygens (including phenoxy) is 1. The van der Waals surface area contributed by atoms with Crippen LogP contribution in [0.1, 0.15) is 56.6 Å². The first-order valence-electron chi connectivity index (χ1n) is 11.5. The molecule has 1 unspecified atom stereocenters. The van der Waals surface area contributed by atoms with Crippen molar-refractivity contribution in [2.24, 2.45) is 0 Å². The molecule has 7 heteroatoms. The number of carboxylic acid groups (broad SMARTS) is 1. The lowest BCUT2D eigenvalue weighted by atomic mass is 9.98. The maximum Gasteiger partial charge on any atom is 0.407 e. The van der Waals surface area contributed by atoms with Gasteiger partial charge in [-0.1, -0.05) is 55.5 Å². The van der Waals surface area contributed by atoms with E-state index in [4.69, 9.17) is 4.74 Å². The number of nitrogens with zero attached hydrogens (tertiary/aromatic N) is 1. The van der Waals surface area contributed by atoms with Crippen LogP contribution < -0.4 is 5.32 Å². The fourth-order valence-electron chi connectivity index (χ4n) is 5.01. The van der Waals surface area contributed by atoms with Gasteiger partial charge >= 0.3 is 12.1 Å². The molecule has 2 N–H and O–H groups in total. The van der Waals surface area contributed by atoms with Gasteiger partial charge in [-0.15, -0.1) is 0 Å². The van der Waals surface area contributed by atoms with Gasteiger partial charge in [-0.05, 0) is 48.4 Å². The summed E-state index contributed by atoms with van der Waals surface area (Å²) in [6.45, 7) is 4.08. The summed E-state index contributed by atoms with van der Waals surface area (Å²) >= 11 is 0. The van der Waals surface area contributed by atoms with Crippen molar-refractivity contribution in [3.05, 3.63) is 59.7 Å². The lowest BCUT2D eigenvalue weighted by molar-refractivity contribution is -0.155. The monoisotopic (exact) mass is 450 g/mol. The van der Waals surface area contributed by atoms with Crippen molar-refractivity contribution in [2.45, 2.75) is 57.0 Å². The van der Waals surface area contributed by atoms with Crippen molar-refractivity contribution in [1.29, 1.82) is 0 Å². The topological polar surface area (TPSA) is 95.9 Å². The Morgan fingerprint density at radius 2 is 1.73 bits per heavy atom. The number of fused-ring (bicyclic) bond motifs is 3. The molecule has 1 aliphatic heterocycles. The minimum Gasteiger partial charge on any atom is -0.480 e. The largest absolute Gasteiger partial charge is 0.480 e. The number of alkyl carbamates (subject to hydrolysis) is 1. The van der Waals surface area contributed by atoms with E-state index in [2.05, 4.69) is 29.6 Å². The highest BCUT2D eigenvalue weighted by Gasteiger charge is 2.46. The van der Waals surface area contributed by atoms with Crippen LogP contribution in [0.15, 0.2) is 48.5 Å². The first kappa shape index (κ1) is 22.8. The van der Waals surface area contributed by atoms with Crippen LogP contribution in [0.4, 0.5) is 4.79 Å². The highest BCUT2D eigenvalue weighted by atomic mass is 16.5. The molecule has 0 aromatic heterocycles. The zero-order chi connectivity index (χ0) is 23.6. The van der Waals surface area contributed by atoms with E-state index in [1.54, 1.807) is 6.92 Å². The number of benzene rings is 2. The van der Waals surface area contributed by atoms with Crippen molar-refractivity contribution >= 4 is 18.0 Å². The third-order valence-electron chi connectivity index (χ3n) is 6.98. The van der Waals surface area contributed by atoms with Crippen LogP contribution in [-0.2, 0) is 14.3 Å². The molecular formula is C26H30N2O5. The van der Waals surface area contributed by atoms with Crippen LogP contribution in [0, 0.1) is 0 Å². The molecule has 2 aromatic rings. The summed E-state index contributed by atoms with van der Waals surface area (Å²) in [5.41, 5.74) is 3.41. The van der Waals surface area contributed by atoms with Crippen LogP contribution in [0.5, 0.6) is 0 Å². The average molecular weight is 451 g/mol. The molecule has 4 rings (SSSR count). The summed E-state index contributed by atoms with van der Waals surface area (Å²) in [7, 11) is 0. The van der Waals surface area contributed by atoms with E-state index in [9.17, 15) is 19.5 Å². The SMILES string of the molecule is CCC(CC(=O)N1CCC[C@]1(C)C(=O)O)NC(=O)OCC1c2ccccc2-c2ccccc21. The molecule has 33 heavy (non-hydrogen) atoms. The van der Waals surface area contributed by atoms with E-state index in [0.717, 1.165) is 22.3 Å². The van der Waals surface area contributed by atoms with Crippen LogP contribution in [0.3, 0.4) is 0 Å². The van der Waals surface area contributed by atoms with Gasteiger partial charge in [0.25, 0.3) is 0 Å². The minimum absolute atomic E-state index is 0.0364. The number of hydrogen-bond acceptors (Lipinski definition) is 4. The Morgan fingerprint density at radius 1 is 1.12 bits per heavy atom. The number of carbonyl (C=O) groups excluding carboxylic acids is 2. The highest BCUT2D eigenvalue weighted by molar-refractivity contribution is 5.88. The molecule has 1 fully saturated rings. The average Bonchev–Trinajstić information content (AvgIpc) is 3.36. The van der Waals surface area contributed by atoms with Gasteiger partial charge in [0.15, 0.2) is 0 Å². The molecule has 0 bridgehead atoms. The van der Waals surface area contributed by atoms with Gasteiger partial charge in [-0.2, -0.15) is 0 Å². The normalized spacial score (nSPS) is 20.1. The third-order valence-corrected chi connectivity index (χ3v) is 6.98. The van der Waals surface area contributed by atoms with E-state index in [1.165, 1.54) is 4.90 Å². The lowest BCUT2D eigenvalue weighted by Crippen LogP contribution is -2.52. The predicted octanol–water partition coefficient (Wildman–Crippen LogP) is 4.16. The molecule has 0 saturated carbocycles. The summed E-state index contributed by atoms with van der Waals surface area (Å²) in [5, 5.41) is 12.4. The van der Waals surface area contributed by atoms with Gasteiger partial charge < -0.3 is 20.1 Å². The molecule has 2 amide bonds. The molecule has 0 radical (unpaired) electrons. The molecule has 1 heterocycles. The van der Waals surface area contributed by atoms with E-state index in [0.29, 0.717) is 25.8 Å². The van der Waals surface area contributed by atoms with Gasteiger partial charge in [0.1, 0.15) is 12.1 Å². The van der Waals surface area contributed by atoms with Crippen LogP contribution in [-0.4, -0.2) is 52.7 Å². The molecule has 2 aliphatic rings. The van der Waals surface area contributed by atoms with Crippen molar-refractivity contribution in [3.63, 3.8) is 0 Å². The predicted molar refractivity (Wildman–Crippen MR) is 124 cm³/mol. The van der Waals surface area contributed by atoms with Gasteiger partial charge in [0.2, 0.25) is 5.91 Å². The summed E-state index contributed by atoms with van der Waals surface area (Å²) in [5.74, 6) is -1.29. The Bertz CT molecular complexity index is 1020. The van der Waals surface area contributed by atoms with Crippen LogP contribution in [0.25, 0.3) is 11.1 Å². The number of nitrogens with one attached hydrogen (secondary N) is 1.